The number of rotatable bonds is 3. The fraction of sp³-hybridized carbons (Fsp3) is 0.333. The normalized spacial score (nSPS) is 11.2. The lowest BCUT2D eigenvalue weighted by molar-refractivity contribution is -0.113. The molecule has 1 aromatic heterocycles. The van der Waals surface area contributed by atoms with Crippen LogP contribution in [-0.4, -0.2) is 31.5 Å². The van der Waals surface area contributed by atoms with Crippen LogP contribution in [-0.2, 0) is 14.6 Å². The third kappa shape index (κ3) is 3.70. The van der Waals surface area contributed by atoms with Gasteiger partial charge in [0.2, 0.25) is 5.91 Å². The minimum absolute atomic E-state index is 0.202. The molecule has 0 atom stereocenters. The minimum atomic E-state index is -3.30. The molecule has 1 aromatic rings. The van der Waals surface area contributed by atoms with Gasteiger partial charge in [0.25, 0.3) is 0 Å². The van der Waals surface area contributed by atoms with Crippen molar-refractivity contribution in [1.82, 2.24) is 5.16 Å². The van der Waals surface area contributed by atoms with E-state index < -0.39 is 21.5 Å². The van der Waals surface area contributed by atoms with Crippen molar-refractivity contribution in [2.75, 3.05) is 17.3 Å². The second-order valence-electron chi connectivity index (χ2n) is 2.50. The van der Waals surface area contributed by atoms with Gasteiger partial charge in [-0.25, -0.2) is 8.42 Å². The predicted octanol–water partition coefficient (Wildman–Crippen LogP) is -0.342. The largest absolute Gasteiger partial charge is 0.363 e. The third-order valence-corrected chi connectivity index (χ3v) is 1.89. The van der Waals surface area contributed by atoms with Gasteiger partial charge in [-0.2, -0.15) is 0 Å². The first-order valence-electron chi connectivity index (χ1n) is 3.35. The monoisotopic (exact) mass is 204 g/mol. The van der Waals surface area contributed by atoms with Crippen molar-refractivity contribution in [3.63, 3.8) is 0 Å². The van der Waals surface area contributed by atoms with Gasteiger partial charge >= 0.3 is 0 Å². The number of amides is 1. The maximum Gasteiger partial charge on any atom is 0.240 e. The topological polar surface area (TPSA) is 89.3 Å². The number of sulfone groups is 1. The lowest BCUT2D eigenvalue weighted by Crippen LogP contribution is -2.21. The van der Waals surface area contributed by atoms with Crippen LogP contribution in [0.3, 0.4) is 0 Å². The molecule has 0 saturated carbocycles. The summed E-state index contributed by atoms with van der Waals surface area (Å²) in [5.41, 5.74) is 0. The SMILES string of the molecule is CS(=O)(=O)CC(=O)Nc1ccon1. The van der Waals surface area contributed by atoms with E-state index in [1.807, 2.05) is 0 Å². The van der Waals surface area contributed by atoms with Crippen LogP contribution in [0.25, 0.3) is 0 Å². The van der Waals surface area contributed by atoms with E-state index in [1.165, 1.54) is 12.3 Å². The summed E-state index contributed by atoms with van der Waals surface area (Å²) in [5, 5.41) is 5.64. The van der Waals surface area contributed by atoms with Crippen LogP contribution in [0.5, 0.6) is 0 Å². The molecule has 1 N–H and O–H groups in total. The van der Waals surface area contributed by atoms with Crippen LogP contribution in [0, 0.1) is 0 Å². The number of carbonyl (C=O) groups excluding carboxylic acids is 1. The quantitative estimate of drug-likeness (QED) is 0.727. The molecule has 7 heteroatoms. The number of nitrogens with one attached hydrogen (secondary N) is 1. The van der Waals surface area contributed by atoms with Gasteiger partial charge in [-0.15, -0.1) is 0 Å². The number of aromatic nitrogens is 1. The van der Waals surface area contributed by atoms with E-state index in [-0.39, 0.29) is 5.82 Å². The Balaban J connectivity index is 2.53. The van der Waals surface area contributed by atoms with Crippen molar-refractivity contribution in [3.05, 3.63) is 12.3 Å². The molecule has 72 valence electrons. The summed E-state index contributed by atoms with van der Waals surface area (Å²) in [7, 11) is -3.30. The highest BCUT2D eigenvalue weighted by Crippen LogP contribution is 2.00. The first kappa shape index (κ1) is 9.72. The smallest absolute Gasteiger partial charge is 0.240 e. The van der Waals surface area contributed by atoms with Gasteiger partial charge in [-0.3, -0.25) is 4.79 Å². The highest BCUT2D eigenvalue weighted by molar-refractivity contribution is 7.91. The van der Waals surface area contributed by atoms with Crippen molar-refractivity contribution in [2.45, 2.75) is 0 Å². The number of hydrogen-bond acceptors (Lipinski definition) is 5. The molecule has 0 fully saturated rings. The van der Waals surface area contributed by atoms with Crippen molar-refractivity contribution in [3.8, 4) is 0 Å². The van der Waals surface area contributed by atoms with Gasteiger partial charge < -0.3 is 9.84 Å². The second kappa shape index (κ2) is 3.56. The summed E-state index contributed by atoms with van der Waals surface area (Å²) in [6, 6.07) is 1.42. The van der Waals surface area contributed by atoms with Crippen LogP contribution < -0.4 is 5.32 Å². The standard InChI is InChI=1S/C6H8N2O4S/c1-13(10,11)4-6(9)7-5-2-3-12-8-5/h2-3H,4H2,1H3,(H,7,8,9). The van der Waals surface area contributed by atoms with Crippen LogP contribution in [0.1, 0.15) is 0 Å². The third-order valence-electron chi connectivity index (χ3n) is 1.10. The number of hydrogen-bond donors (Lipinski definition) is 1. The van der Waals surface area contributed by atoms with Crippen molar-refractivity contribution >= 4 is 21.6 Å². The fourth-order valence-corrected chi connectivity index (χ4v) is 1.24. The van der Waals surface area contributed by atoms with Crippen molar-refractivity contribution < 1.29 is 17.7 Å². The van der Waals surface area contributed by atoms with E-state index in [4.69, 9.17) is 0 Å². The lowest BCUT2D eigenvalue weighted by Gasteiger charge is -1.98. The highest BCUT2D eigenvalue weighted by atomic mass is 32.2. The van der Waals surface area contributed by atoms with Crippen LogP contribution in [0.4, 0.5) is 5.82 Å². The first-order chi connectivity index (χ1) is 5.97. The second-order valence-corrected chi connectivity index (χ2v) is 4.64. The number of nitrogens with zero attached hydrogens (tertiary/aromatic N) is 1. The molecule has 0 bridgehead atoms. The Labute approximate surface area is 74.8 Å². The molecule has 0 unspecified atom stereocenters. The maximum absolute atomic E-state index is 11.0. The van der Waals surface area contributed by atoms with Crippen molar-refractivity contribution in [1.29, 1.82) is 0 Å². The van der Waals surface area contributed by atoms with Crippen LogP contribution >= 0.6 is 0 Å². The molecule has 1 heterocycles. The molecule has 0 aromatic carbocycles. The Morgan fingerprint density at radius 1 is 1.69 bits per heavy atom. The van der Waals surface area contributed by atoms with Crippen LogP contribution in [0.15, 0.2) is 16.9 Å². The summed E-state index contributed by atoms with van der Waals surface area (Å²) in [6.45, 7) is 0. The first-order valence-corrected chi connectivity index (χ1v) is 5.41. The van der Waals surface area contributed by atoms with Gasteiger partial charge in [-0.05, 0) is 0 Å². The van der Waals surface area contributed by atoms with E-state index in [0.717, 1.165) is 6.26 Å². The van der Waals surface area contributed by atoms with E-state index in [1.54, 1.807) is 0 Å². The number of anilines is 1. The zero-order valence-corrected chi connectivity index (χ0v) is 7.67. The van der Waals surface area contributed by atoms with Gasteiger partial charge in [0, 0.05) is 12.3 Å². The summed E-state index contributed by atoms with van der Waals surface area (Å²) < 4.78 is 25.8. The average molecular weight is 204 g/mol. The fourth-order valence-electron chi connectivity index (χ4n) is 0.694. The summed E-state index contributed by atoms with van der Waals surface area (Å²) in [6.07, 6.45) is 2.26. The molecule has 0 saturated heterocycles. The molecular weight excluding hydrogens is 196 g/mol. The predicted molar refractivity (Wildman–Crippen MR) is 44.8 cm³/mol. The Morgan fingerprint density at radius 2 is 2.38 bits per heavy atom. The van der Waals surface area contributed by atoms with E-state index in [0.29, 0.717) is 0 Å². The Bertz CT molecular complexity index is 381. The summed E-state index contributed by atoms with van der Waals surface area (Å²) >= 11 is 0. The minimum Gasteiger partial charge on any atom is -0.363 e. The molecule has 0 radical (unpaired) electrons. The molecule has 0 aliphatic rings. The molecule has 1 rings (SSSR count). The lowest BCUT2D eigenvalue weighted by atomic mass is 10.6. The molecule has 1 amide bonds. The molecule has 0 aliphatic carbocycles. The highest BCUT2D eigenvalue weighted by Gasteiger charge is 2.11. The average Bonchev–Trinajstić information content (AvgIpc) is 2.34. The van der Waals surface area contributed by atoms with Gasteiger partial charge in [0.15, 0.2) is 15.7 Å². The van der Waals surface area contributed by atoms with E-state index >= 15 is 0 Å². The van der Waals surface area contributed by atoms with E-state index in [2.05, 4.69) is 15.0 Å². The number of carbonyl (C=O) groups is 1. The molecule has 0 aliphatic heterocycles. The maximum atomic E-state index is 11.0. The van der Waals surface area contributed by atoms with Gasteiger partial charge in [-0.1, -0.05) is 5.16 Å². The Hall–Kier alpha value is -1.37. The van der Waals surface area contributed by atoms with Gasteiger partial charge in [0.05, 0.1) is 0 Å². The van der Waals surface area contributed by atoms with Gasteiger partial charge in [0.1, 0.15) is 12.0 Å². The Morgan fingerprint density at radius 3 is 2.85 bits per heavy atom. The zero-order valence-electron chi connectivity index (χ0n) is 6.85. The summed E-state index contributed by atoms with van der Waals surface area (Å²) in [4.78, 5) is 11.0. The molecule has 6 nitrogen and oxygen atoms in total. The molecule has 0 spiro atoms. The molecular formula is C6H8N2O4S. The summed E-state index contributed by atoms with van der Waals surface area (Å²) in [5.74, 6) is -0.982. The molecule has 13 heavy (non-hydrogen) atoms. The Kier molecular flexibility index (Phi) is 2.66. The van der Waals surface area contributed by atoms with Crippen LogP contribution in [0.2, 0.25) is 0 Å². The van der Waals surface area contributed by atoms with Crippen molar-refractivity contribution in [2.24, 2.45) is 0 Å². The van der Waals surface area contributed by atoms with E-state index in [9.17, 15) is 13.2 Å². The zero-order chi connectivity index (χ0) is 9.90.